The summed E-state index contributed by atoms with van der Waals surface area (Å²) in [6.07, 6.45) is 0. The number of nitrogens with one attached hydrogen (secondary N) is 1. The van der Waals surface area contributed by atoms with E-state index in [-0.39, 0.29) is 5.41 Å². The van der Waals surface area contributed by atoms with E-state index in [1.807, 2.05) is 12.1 Å². The highest BCUT2D eigenvalue weighted by molar-refractivity contribution is 5.50. The van der Waals surface area contributed by atoms with E-state index in [1.165, 1.54) is 5.69 Å². The average Bonchev–Trinajstić information content (AvgIpc) is 2.37. The number of likely N-dealkylation sites (N-methyl/N-ethyl adjacent to an activating group) is 2. The van der Waals surface area contributed by atoms with Gasteiger partial charge < -0.3 is 15.0 Å². The van der Waals surface area contributed by atoms with Crippen molar-refractivity contribution in [3.05, 3.63) is 24.3 Å². The van der Waals surface area contributed by atoms with Gasteiger partial charge in [-0.2, -0.15) is 0 Å². The second-order valence-electron chi connectivity index (χ2n) is 6.06. The minimum Gasteiger partial charge on any atom is -0.497 e. The van der Waals surface area contributed by atoms with Crippen LogP contribution in [-0.2, 0) is 0 Å². The molecule has 1 unspecified atom stereocenters. The molecule has 3 nitrogen and oxygen atoms in total. The summed E-state index contributed by atoms with van der Waals surface area (Å²) in [5.41, 5.74) is 1.43. The molecule has 0 aliphatic rings. The SMILES string of the molecule is CCNC(CN(C)c1cccc(OC)c1)C(C)(C)C. The molecule has 1 rings (SSSR count). The normalized spacial score (nSPS) is 13.2. The Balaban J connectivity index is 2.78. The third-order valence-corrected chi connectivity index (χ3v) is 3.45. The van der Waals surface area contributed by atoms with Crippen LogP contribution in [0.1, 0.15) is 27.7 Å². The predicted molar refractivity (Wildman–Crippen MR) is 83.2 cm³/mol. The topological polar surface area (TPSA) is 24.5 Å². The van der Waals surface area contributed by atoms with Gasteiger partial charge >= 0.3 is 0 Å². The molecular weight excluding hydrogens is 236 g/mol. The zero-order chi connectivity index (χ0) is 14.5. The number of rotatable bonds is 6. The molecule has 1 atom stereocenters. The summed E-state index contributed by atoms with van der Waals surface area (Å²) in [7, 11) is 3.83. The second kappa shape index (κ2) is 6.80. The van der Waals surface area contributed by atoms with Crippen LogP contribution >= 0.6 is 0 Å². The number of methoxy groups -OCH3 is 1. The van der Waals surface area contributed by atoms with Gasteiger partial charge in [0.2, 0.25) is 0 Å². The minimum absolute atomic E-state index is 0.239. The zero-order valence-electron chi connectivity index (χ0n) is 13.2. The third-order valence-electron chi connectivity index (χ3n) is 3.45. The van der Waals surface area contributed by atoms with Crippen LogP contribution in [0.25, 0.3) is 0 Å². The third kappa shape index (κ3) is 4.75. The highest BCUT2D eigenvalue weighted by Crippen LogP contribution is 2.24. The number of nitrogens with zero attached hydrogens (tertiary/aromatic N) is 1. The summed E-state index contributed by atoms with van der Waals surface area (Å²) in [5, 5.41) is 3.58. The zero-order valence-corrected chi connectivity index (χ0v) is 13.2. The van der Waals surface area contributed by atoms with Gasteiger partial charge in [-0.3, -0.25) is 0 Å². The van der Waals surface area contributed by atoms with Crippen LogP contribution in [0.3, 0.4) is 0 Å². The Morgan fingerprint density at radius 2 is 2.00 bits per heavy atom. The molecule has 3 heteroatoms. The lowest BCUT2D eigenvalue weighted by molar-refractivity contribution is 0.275. The van der Waals surface area contributed by atoms with Gasteiger partial charge in [0.15, 0.2) is 0 Å². The Kier molecular flexibility index (Phi) is 5.67. The molecule has 1 N–H and O–H groups in total. The highest BCUT2D eigenvalue weighted by Gasteiger charge is 2.25. The van der Waals surface area contributed by atoms with Crippen molar-refractivity contribution in [3.8, 4) is 5.75 Å². The van der Waals surface area contributed by atoms with Crippen molar-refractivity contribution in [2.45, 2.75) is 33.7 Å². The Labute approximate surface area is 118 Å². The van der Waals surface area contributed by atoms with E-state index in [9.17, 15) is 0 Å². The van der Waals surface area contributed by atoms with Crippen LogP contribution in [0.15, 0.2) is 24.3 Å². The first-order valence-corrected chi connectivity index (χ1v) is 6.97. The Hall–Kier alpha value is -1.22. The van der Waals surface area contributed by atoms with Crippen molar-refractivity contribution < 1.29 is 4.74 Å². The van der Waals surface area contributed by atoms with Gasteiger partial charge in [-0.25, -0.2) is 0 Å². The molecule has 0 fully saturated rings. The summed E-state index contributed by atoms with van der Waals surface area (Å²) in [6.45, 7) is 11.0. The summed E-state index contributed by atoms with van der Waals surface area (Å²) < 4.78 is 5.28. The van der Waals surface area contributed by atoms with E-state index in [4.69, 9.17) is 4.74 Å². The molecule has 19 heavy (non-hydrogen) atoms. The lowest BCUT2D eigenvalue weighted by Crippen LogP contribution is -2.47. The molecule has 0 heterocycles. The number of anilines is 1. The first kappa shape index (κ1) is 15.8. The smallest absolute Gasteiger partial charge is 0.120 e. The second-order valence-corrected chi connectivity index (χ2v) is 6.06. The fraction of sp³-hybridized carbons (Fsp3) is 0.625. The highest BCUT2D eigenvalue weighted by atomic mass is 16.5. The number of ether oxygens (including phenoxy) is 1. The fourth-order valence-corrected chi connectivity index (χ4v) is 2.12. The molecule has 0 saturated heterocycles. The summed E-state index contributed by atoms with van der Waals surface area (Å²) >= 11 is 0. The number of hydrogen-bond donors (Lipinski definition) is 1. The molecule has 1 aromatic carbocycles. The quantitative estimate of drug-likeness (QED) is 0.854. The van der Waals surface area contributed by atoms with Gasteiger partial charge in [0, 0.05) is 31.4 Å². The van der Waals surface area contributed by atoms with Crippen LogP contribution in [0, 0.1) is 5.41 Å². The van der Waals surface area contributed by atoms with E-state index in [1.54, 1.807) is 7.11 Å². The number of hydrogen-bond acceptors (Lipinski definition) is 3. The summed E-state index contributed by atoms with van der Waals surface area (Å²) in [4.78, 5) is 2.28. The van der Waals surface area contributed by atoms with Gasteiger partial charge in [0.25, 0.3) is 0 Å². The molecule has 1 aromatic rings. The van der Waals surface area contributed by atoms with Crippen molar-refractivity contribution in [2.24, 2.45) is 5.41 Å². The van der Waals surface area contributed by atoms with Gasteiger partial charge in [-0.05, 0) is 24.1 Å². The van der Waals surface area contributed by atoms with Gasteiger partial charge in [-0.15, -0.1) is 0 Å². The van der Waals surface area contributed by atoms with E-state index in [2.05, 4.69) is 57.1 Å². The monoisotopic (exact) mass is 264 g/mol. The standard InChI is InChI=1S/C16H28N2O/c1-7-17-15(16(2,3)4)12-18(5)13-9-8-10-14(11-13)19-6/h8-11,15,17H,7,12H2,1-6H3. The molecule has 0 saturated carbocycles. The van der Waals surface area contributed by atoms with Crippen molar-refractivity contribution >= 4 is 5.69 Å². The van der Waals surface area contributed by atoms with Crippen LogP contribution in [-0.4, -0.2) is 33.3 Å². The van der Waals surface area contributed by atoms with E-state index < -0.39 is 0 Å². The molecule has 0 aromatic heterocycles. The molecule has 0 aliphatic carbocycles. The predicted octanol–water partition coefficient (Wildman–Crippen LogP) is 3.16. The molecule has 0 amide bonds. The fourth-order valence-electron chi connectivity index (χ4n) is 2.12. The molecule has 0 bridgehead atoms. The van der Waals surface area contributed by atoms with E-state index in [0.29, 0.717) is 6.04 Å². The van der Waals surface area contributed by atoms with Gasteiger partial charge in [0.05, 0.1) is 7.11 Å². The maximum absolute atomic E-state index is 5.28. The number of benzene rings is 1. The van der Waals surface area contributed by atoms with E-state index >= 15 is 0 Å². The first-order chi connectivity index (χ1) is 8.88. The lowest BCUT2D eigenvalue weighted by Gasteiger charge is -2.35. The average molecular weight is 264 g/mol. The molecule has 0 aliphatic heterocycles. The Morgan fingerprint density at radius 1 is 1.32 bits per heavy atom. The lowest BCUT2D eigenvalue weighted by atomic mass is 9.86. The Morgan fingerprint density at radius 3 is 2.53 bits per heavy atom. The van der Waals surface area contributed by atoms with Crippen LogP contribution in [0.5, 0.6) is 5.75 Å². The maximum Gasteiger partial charge on any atom is 0.120 e. The molecule has 108 valence electrons. The van der Waals surface area contributed by atoms with Crippen LogP contribution < -0.4 is 15.0 Å². The van der Waals surface area contributed by atoms with Crippen LogP contribution in [0.2, 0.25) is 0 Å². The molecule has 0 radical (unpaired) electrons. The summed E-state index contributed by atoms with van der Waals surface area (Å²) in [6, 6.07) is 8.65. The van der Waals surface area contributed by atoms with Crippen LogP contribution in [0.4, 0.5) is 5.69 Å². The van der Waals surface area contributed by atoms with Gasteiger partial charge in [0.1, 0.15) is 5.75 Å². The summed E-state index contributed by atoms with van der Waals surface area (Å²) in [5.74, 6) is 0.903. The van der Waals surface area contributed by atoms with Crippen molar-refractivity contribution in [1.29, 1.82) is 0 Å². The van der Waals surface area contributed by atoms with Crippen molar-refractivity contribution in [3.63, 3.8) is 0 Å². The minimum atomic E-state index is 0.239. The maximum atomic E-state index is 5.28. The van der Waals surface area contributed by atoms with Crippen molar-refractivity contribution in [1.82, 2.24) is 5.32 Å². The molecular formula is C16H28N2O. The van der Waals surface area contributed by atoms with Crippen molar-refractivity contribution in [2.75, 3.05) is 32.1 Å². The largest absolute Gasteiger partial charge is 0.497 e. The van der Waals surface area contributed by atoms with E-state index in [0.717, 1.165) is 18.8 Å². The van der Waals surface area contributed by atoms with Gasteiger partial charge in [-0.1, -0.05) is 33.8 Å². The Bertz CT molecular complexity index is 385. The first-order valence-electron chi connectivity index (χ1n) is 6.97. The molecule has 0 spiro atoms.